The molecular weight excluding hydrogens is 556 g/mol. The maximum absolute atomic E-state index is 10.2. The van der Waals surface area contributed by atoms with Gasteiger partial charge in [0.05, 0.1) is 61.7 Å². The minimum Gasteiger partial charge on any atom is -0.383 e. The highest BCUT2D eigenvalue weighted by atomic mass is 32.1. The Morgan fingerprint density at radius 3 is 2.56 bits per heavy atom. The van der Waals surface area contributed by atoms with Crippen LogP contribution in [0.25, 0.3) is 21.1 Å². The number of nitrogens with one attached hydrogen (secondary N) is 4. The molecule has 1 aliphatic heterocycles. The zero-order chi connectivity index (χ0) is 30.6. The van der Waals surface area contributed by atoms with Gasteiger partial charge >= 0.3 is 0 Å². The number of hydrogen-bond donors (Lipinski definition) is 4. The first-order chi connectivity index (χ1) is 20.5. The van der Waals surface area contributed by atoms with E-state index in [1.165, 1.54) is 6.20 Å². The molecule has 1 saturated carbocycles. The van der Waals surface area contributed by atoms with Crippen LogP contribution in [0.4, 0.5) is 11.4 Å². The molecule has 2 atom stereocenters. The van der Waals surface area contributed by atoms with Gasteiger partial charge in [-0.1, -0.05) is 32.9 Å². The number of rotatable bonds is 7. The van der Waals surface area contributed by atoms with Gasteiger partial charge in [0.25, 0.3) is 0 Å². The first-order valence-corrected chi connectivity index (χ1v) is 15.2. The van der Waals surface area contributed by atoms with Gasteiger partial charge in [-0.15, -0.1) is 11.3 Å². The molecule has 43 heavy (non-hydrogen) atoms. The van der Waals surface area contributed by atoms with E-state index in [0.717, 1.165) is 34.3 Å². The Morgan fingerprint density at radius 2 is 1.88 bits per heavy atom. The SMILES string of the molecule is CC(C)(C)CNc1c(C#N)cnc2c(C#N)cc(N[C@@H](c3cccc4ncsc34)C3NNN(C4(C#N)CC4)C3(C)C)cc12. The lowest BCUT2D eigenvalue weighted by molar-refractivity contribution is 0.0668. The molecule has 0 spiro atoms. The summed E-state index contributed by atoms with van der Waals surface area (Å²) in [6.45, 7) is 11.3. The van der Waals surface area contributed by atoms with Crippen molar-refractivity contribution in [3.63, 3.8) is 0 Å². The molecule has 0 bridgehead atoms. The van der Waals surface area contributed by atoms with Crippen molar-refractivity contribution in [2.45, 2.75) is 70.6 Å². The smallest absolute Gasteiger partial charge is 0.124 e. The van der Waals surface area contributed by atoms with Crippen LogP contribution in [0.5, 0.6) is 0 Å². The van der Waals surface area contributed by atoms with Crippen molar-refractivity contribution < 1.29 is 0 Å². The summed E-state index contributed by atoms with van der Waals surface area (Å²) in [5, 5.41) is 40.1. The molecule has 10 nitrogen and oxygen atoms in total. The van der Waals surface area contributed by atoms with Crippen molar-refractivity contribution >= 4 is 43.8 Å². The average molecular weight is 591 g/mol. The molecule has 2 aromatic heterocycles. The van der Waals surface area contributed by atoms with Crippen LogP contribution in [0.15, 0.2) is 42.0 Å². The highest BCUT2D eigenvalue weighted by Crippen LogP contribution is 2.48. The van der Waals surface area contributed by atoms with Crippen molar-refractivity contribution in [1.82, 2.24) is 25.9 Å². The van der Waals surface area contributed by atoms with E-state index >= 15 is 0 Å². The van der Waals surface area contributed by atoms with E-state index in [2.05, 4.69) is 95.5 Å². The lowest BCUT2D eigenvalue weighted by atomic mass is 9.84. The monoisotopic (exact) mass is 590 g/mol. The highest BCUT2D eigenvalue weighted by molar-refractivity contribution is 7.17. The topological polar surface area (TPSA) is 149 Å². The molecule has 2 fully saturated rings. The Labute approximate surface area is 255 Å². The number of aromatic nitrogens is 2. The molecule has 4 N–H and O–H groups in total. The molecule has 218 valence electrons. The number of thiazole rings is 1. The zero-order valence-electron chi connectivity index (χ0n) is 24.9. The molecule has 0 radical (unpaired) electrons. The van der Waals surface area contributed by atoms with Gasteiger partial charge in [0.15, 0.2) is 0 Å². The molecule has 11 heteroatoms. The molecule has 1 unspecified atom stereocenters. The molecule has 6 rings (SSSR count). The number of fused-ring (bicyclic) bond motifs is 2. The first-order valence-electron chi connectivity index (χ1n) is 14.3. The number of hydrogen-bond acceptors (Lipinski definition) is 11. The van der Waals surface area contributed by atoms with E-state index in [1.54, 1.807) is 11.3 Å². The van der Waals surface area contributed by atoms with E-state index < -0.39 is 11.1 Å². The summed E-state index contributed by atoms with van der Waals surface area (Å²) in [6, 6.07) is 16.5. The van der Waals surface area contributed by atoms with Gasteiger partial charge in [0.2, 0.25) is 0 Å². The molecule has 0 amide bonds. The van der Waals surface area contributed by atoms with Crippen molar-refractivity contribution in [1.29, 1.82) is 15.8 Å². The Hall–Kier alpha value is -4.31. The zero-order valence-corrected chi connectivity index (χ0v) is 25.7. The Bertz CT molecular complexity index is 1840. The minimum atomic E-state index is -0.545. The lowest BCUT2D eigenvalue weighted by Crippen LogP contribution is -2.55. The van der Waals surface area contributed by atoms with E-state index in [-0.39, 0.29) is 17.5 Å². The second-order valence-electron chi connectivity index (χ2n) is 13.1. The number of pyridine rings is 1. The van der Waals surface area contributed by atoms with Gasteiger partial charge < -0.3 is 10.6 Å². The third-order valence-electron chi connectivity index (χ3n) is 8.41. The van der Waals surface area contributed by atoms with E-state index in [0.29, 0.717) is 34.3 Å². The van der Waals surface area contributed by atoms with Crippen molar-refractivity contribution in [2.24, 2.45) is 5.41 Å². The van der Waals surface area contributed by atoms with E-state index in [9.17, 15) is 15.8 Å². The fourth-order valence-corrected chi connectivity index (χ4v) is 6.87. The first kappa shape index (κ1) is 28.8. The summed E-state index contributed by atoms with van der Waals surface area (Å²) in [7, 11) is 0. The van der Waals surface area contributed by atoms with Gasteiger partial charge in [0.1, 0.15) is 17.7 Å². The largest absolute Gasteiger partial charge is 0.383 e. The fraction of sp³-hybridized carbons (Fsp3) is 0.406. The summed E-state index contributed by atoms with van der Waals surface area (Å²) in [4.78, 5) is 9.07. The van der Waals surface area contributed by atoms with Gasteiger partial charge in [-0.05, 0) is 55.9 Å². The summed E-state index contributed by atoms with van der Waals surface area (Å²) in [6.07, 6.45) is 3.15. The summed E-state index contributed by atoms with van der Waals surface area (Å²) in [5.74, 6) is 0. The molecule has 1 saturated heterocycles. The van der Waals surface area contributed by atoms with Crippen LogP contribution < -0.4 is 21.6 Å². The number of nitriles is 3. The van der Waals surface area contributed by atoms with Crippen LogP contribution in [-0.2, 0) is 0 Å². The van der Waals surface area contributed by atoms with Crippen LogP contribution in [0, 0.1) is 39.4 Å². The normalized spacial score (nSPS) is 19.8. The minimum absolute atomic E-state index is 0.0320. The third kappa shape index (κ3) is 5.03. The number of benzene rings is 2. The Morgan fingerprint density at radius 1 is 1.12 bits per heavy atom. The van der Waals surface area contributed by atoms with Gasteiger partial charge in [0, 0.05) is 23.8 Å². The second-order valence-corrected chi connectivity index (χ2v) is 14.0. The van der Waals surface area contributed by atoms with E-state index in [4.69, 9.17) is 0 Å². The van der Waals surface area contributed by atoms with Gasteiger partial charge in [-0.2, -0.15) is 21.3 Å². The standard InChI is InChI=1S/C32H34N10S/c1-30(2,3)17-37-26-20(14-34)15-36-25-19(13-33)11-21(12-23(25)26)39-27(22-7-6-8-24-28(22)43-18-38-24)29-31(4,5)42(41-40-29)32(16-35)9-10-32/h6-8,11-12,15,18,27,29,39-41H,9-10,17H2,1-5H3,(H,36,37)/t27-,29?/m0/s1. The predicted octanol–water partition coefficient (Wildman–Crippen LogP) is 5.73. The molecule has 2 aliphatic rings. The second kappa shape index (κ2) is 10.4. The average Bonchev–Trinajstić information content (AvgIpc) is 3.48. The summed E-state index contributed by atoms with van der Waals surface area (Å²) >= 11 is 1.59. The maximum Gasteiger partial charge on any atom is 0.124 e. The predicted molar refractivity (Wildman–Crippen MR) is 169 cm³/mol. The summed E-state index contributed by atoms with van der Waals surface area (Å²) in [5.41, 5.74) is 12.4. The van der Waals surface area contributed by atoms with Gasteiger partial charge in [-0.3, -0.25) is 4.98 Å². The quantitative estimate of drug-likeness (QED) is 0.210. The van der Waals surface area contributed by atoms with Crippen molar-refractivity contribution in [2.75, 3.05) is 17.2 Å². The Kier molecular flexibility index (Phi) is 7.00. The molecule has 4 aromatic rings. The lowest BCUT2D eigenvalue weighted by Gasteiger charge is -2.39. The van der Waals surface area contributed by atoms with Crippen LogP contribution in [0.2, 0.25) is 0 Å². The van der Waals surface area contributed by atoms with E-state index in [1.807, 2.05) is 29.8 Å². The van der Waals surface area contributed by atoms with Crippen molar-refractivity contribution in [3.05, 3.63) is 58.7 Å². The van der Waals surface area contributed by atoms with Crippen LogP contribution in [0.1, 0.15) is 70.2 Å². The maximum atomic E-state index is 10.2. The highest BCUT2D eigenvalue weighted by Gasteiger charge is 2.60. The third-order valence-corrected chi connectivity index (χ3v) is 9.31. The Balaban J connectivity index is 1.49. The summed E-state index contributed by atoms with van der Waals surface area (Å²) < 4.78 is 1.07. The number of anilines is 2. The van der Waals surface area contributed by atoms with Gasteiger partial charge in [-0.25, -0.2) is 15.4 Å². The number of hydrazine groups is 2. The molecule has 1 aliphatic carbocycles. The van der Waals surface area contributed by atoms with Crippen LogP contribution >= 0.6 is 11.3 Å². The molecular formula is C32H34N10S. The van der Waals surface area contributed by atoms with Crippen LogP contribution in [0.3, 0.4) is 0 Å². The van der Waals surface area contributed by atoms with Crippen LogP contribution in [-0.4, -0.2) is 38.6 Å². The molecule has 3 heterocycles. The molecule has 2 aromatic carbocycles. The number of nitrogens with zero attached hydrogens (tertiary/aromatic N) is 6. The van der Waals surface area contributed by atoms with Crippen molar-refractivity contribution in [3.8, 4) is 18.2 Å². The fourth-order valence-electron chi connectivity index (χ4n) is 6.02.